The number of sulfonamides is 1. The largest absolute Gasteiger partial charge is 0.243 e. The summed E-state index contributed by atoms with van der Waals surface area (Å²) in [6.07, 6.45) is 1.08. The van der Waals surface area contributed by atoms with Crippen LogP contribution in [0.15, 0.2) is 29.2 Å². The van der Waals surface area contributed by atoms with Crippen LogP contribution in [0.4, 0.5) is 0 Å². The molecule has 1 aromatic rings. The molecule has 1 aliphatic rings. The number of nitrogens with zero attached hydrogens (tertiary/aromatic N) is 1. The first-order valence-corrected chi connectivity index (χ1v) is 9.00. The summed E-state index contributed by atoms with van der Waals surface area (Å²) >= 11 is 5.80. The molecule has 0 bridgehead atoms. The van der Waals surface area contributed by atoms with Gasteiger partial charge in [0.25, 0.3) is 0 Å². The van der Waals surface area contributed by atoms with Gasteiger partial charge in [-0.05, 0) is 42.9 Å². The summed E-state index contributed by atoms with van der Waals surface area (Å²) in [4.78, 5) is 0.351. The van der Waals surface area contributed by atoms with Crippen molar-refractivity contribution in [2.75, 3.05) is 6.54 Å². The normalized spacial score (nSPS) is 28.5. The molecule has 1 saturated heterocycles. The summed E-state index contributed by atoms with van der Waals surface area (Å²) in [6, 6.07) is 6.97. The molecule has 1 heterocycles. The number of hydrogen-bond donors (Lipinski definition) is 0. The maximum absolute atomic E-state index is 12.8. The molecule has 0 N–H and O–H groups in total. The van der Waals surface area contributed by atoms with Crippen LogP contribution in [-0.4, -0.2) is 25.3 Å². The summed E-state index contributed by atoms with van der Waals surface area (Å²) in [5.74, 6) is 1.10. The summed E-state index contributed by atoms with van der Waals surface area (Å²) < 4.78 is 27.3. The fourth-order valence-corrected chi connectivity index (χ4v) is 4.99. The molecule has 2 rings (SSSR count). The first-order chi connectivity index (χ1) is 9.36. The van der Waals surface area contributed by atoms with E-state index >= 15 is 0 Å². The van der Waals surface area contributed by atoms with Crippen molar-refractivity contribution in [3.05, 3.63) is 29.8 Å². The lowest BCUT2D eigenvalue weighted by molar-refractivity contribution is 0.157. The van der Waals surface area contributed by atoms with Crippen LogP contribution >= 0.6 is 11.6 Å². The van der Waals surface area contributed by atoms with E-state index in [9.17, 15) is 8.42 Å². The van der Waals surface area contributed by atoms with E-state index in [1.807, 2.05) is 13.0 Å². The zero-order valence-corrected chi connectivity index (χ0v) is 13.8. The number of piperidine rings is 1. The average molecular weight is 316 g/mol. The minimum Gasteiger partial charge on any atom is -0.207 e. The standard InChI is InChI=1S/C15H22ClNO2S/c1-11-7-12(2)13(3)17(10-11)20(18,19)15-6-4-5-14(8-15)9-16/h4-6,8,11-13H,7,9-10H2,1-3H3. The molecule has 0 amide bonds. The van der Waals surface area contributed by atoms with Gasteiger partial charge >= 0.3 is 0 Å². The highest BCUT2D eigenvalue weighted by atomic mass is 35.5. The SMILES string of the molecule is CC1CC(C)C(C)N(S(=O)(=O)c2cccc(CCl)c2)C1. The molecule has 1 fully saturated rings. The first-order valence-electron chi connectivity index (χ1n) is 7.03. The molecule has 112 valence electrons. The lowest BCUT2D eigenvalue weighted by Crippen LogP contribution is -2.48. The molecular weight excluding hydrogens is 294 g/mol. The third-order valence-corrected chi connectivity index (χ3v) is 6.46. The predicted octanol–water partition coefficient (Wildman–Crippen LogP) is 3.48. The Labute approximate surface area is 127 Å². The van der Waals surface area contributed by atoms with Crippen molar-refractivity contribution in [2.24, 2.45) is 11.8 Å². The summed E-state index contributed by atoms with van der Waals surface area (Å²) in [6.45, 7) is 6.83. The van der Waals surface area contributed by atoms with Gasteiger partial charge in [-0.25, -0.2) is 8.42 Å². The van der Waals surface area contributed by atoms with Crippen molar-refractivity contribution in [1.82, 2.24) is 4.31 Å². The summed E-state index contributed by atoms with van der Waals surface area (Å²) in [5.41, 5.74) is 0.832. The Morgan fingerprint density at radius 2 is 2.00 bits per heavy atom. The van der Waals surface area contributed by atoms with Crippen LogP contribution in [0.3, 0.4) is 0 Å². The molecule has 3 nitrogen and oxygen atoms in total. The van der Waals surface area contributed by atoms with Crippen molar-refractivity contribution in [3.63, 3.8) is 0 Å². The number of halogens is 1. The van der Waals surface area contributed by atoms with Crippen molar-refractivity contribution in [3.8, 4) is 0 Å². The third-order valence-electron chi connectivity index (χ3n) is 4.20. The summed E-state index contributed by atoms with van der Waals surface area (Å²) in [5, 5.41) is 0. The van der Waals surface area contributed by atoms with Gasteiger partial charge in [-0.2, -0.15) is 4.31 Å². The molecular formula is C15H22ClNO2S. The second kappa shape index (κ2) is 6.04. The van der Waals surface area contributed by atoms with E-state index < -0.39 is 10.0 Å². The molecule has 0 aliphatic carbocycles. The van der Waals surface area contributed by atoms with Crippen LogP contribution in [0, 0.1) is 11.8 Å². The van der Waals surface area contributed by atoms with Crippen LogP contribution in [0.2, 0.25) is 0 Å². The molecule has 1 aromatic carbocycles. The highest BCUT2D eigenvalue weighted by molar-refractivity contribution is 7.89. The Balaban J connectivity index is 2.38. The molecule has 0 radical (unpaired) electrons. The van der Waals surface area contributed by atoms with Gasteiger partial charge < -0.3 is 0 Å². The molecule has 20 heavy (non-hydrogen) atoms. The van der Waals surface area contributed by atoms with Gasteiger partial charge in [-0.3, -0.25) is 0 Å². The van der Waals surface area contributed by atoms with Crippen LogP contribution < -0.4 is 0 Å². The molecule has 3 unspecified atom stereocenters. The zero-order chi connectivity index (χ0) is 14.9. The van der Waals surface area contributed by atoms with Crippen molar-refractivity contribution in [2.45, 2.75) is 44.0 Å². The van der Waals surface area contributed by atoms with Crippen molar-refractivity contribution < 1.29 is 8.42 Å². The Bertz CT molecular complexity index is 573. The van der Waals surface area contributed by atoms with Gasteiger partial charge in [0.15, 0.2) is 0 Å². The van der Waals surface area contributed by atoms with Gasteiger partial charge in [0.2, 0.25) is 10.0 Å². The lowest BCUT2D eigenvalue weighted by Gasteiger charge is -2.40. The lowest BCUT2D eigenvalue weighted by atomic mass is 9.88. The molecule has 0 saturated carbocycles. The van der Waals surface area contributed by atoms with E-state index in [0.29, 0.717) is 29.2 Å². The van der Waals surface area contributed by atoms with Gasteiger partial charge in [0.1, 0.15) is 0 Å². The third kappa shape index (κ3) is 3.02. The highest BCUT2D eigenvalue weighted by Gasteiger charge is 2.37. The summed E-state index contributed by atoms with van der Waals surface area (Å²) in [7, 11) is -3.43. The van der Waals surface area contributed by atoms with Gasteiger partial charge in [-0.1, -0.05) is 26.0 Å². The Morgan fingerprint density at radius 3 is 2.65 bits per heavy atom. The van der Waals surface area contributed by atoms with Crippen LogP contribution in [0.5, 0.6) is 0 Å². The maximum atomic E-state index is 12.8. The zero-order valence-electron chi connectivity index (χ0n) is 12.2. The number of alkyl halides is 1. The van der Waals surface area contributed by atoms with E-state index in [2.05, 4.69) is 13.8 Å². The topological polar surface area (TPSA) is 37.4 Å². The number of rotatable bonds is 3. The van der Waals surface area contributed by atoms with E-state index in [1.165, 1.54) is 0 Å². The van der Waals surface area contributed by atoms with Crippen LogP contribution in [0.1, 0.15) is 32.8 Å². The van der Waals surface area contributed by atoms with E-state index in [-0.39, 0.29) is 6.04 Å². The van der Waals surface area contributed by atoms with Crippen molar-refractivity contribution >= 4 is 21.6 Å². The second-order valence-corrected chi connectivity index (χ2v) is 8.07. The van der Waals surface area contributed by atoms with Crippen LogP contribution in [0.25, 0.3) is 0 Å². The van der Waals surface area contributed by atoms with Gasteiger partial charge in [-0.15, -0.1) is 11.6 Å². The predicted molar refractivity (Wildman–Crippen MR) is 82.3 cm³/mol. The molecule has 5 heteroatoms. The number of hydrogen-bond acceptors (Lipinski definition) is 2. The minimum atomic E-state index is -3.43. The Kier molecular flexibility index (Phi) is 4.77. The molecule has 0 aromatic heterocycles. The second-order valence-electron chi connectivity index (χ2n) is 5.91. The Hall–Kier alpha value is -0.580. The maximum Gasteiger partial charge on any atom is 0.243 e. The van der Waals surface area contributed by atoms with E-state index in [4.69, 9.17) is 11.6 Å². The first kappa shape index (κ1) is 15.8. The minimum absolute atomic E-state index is 0.0378. The fourth-order valence-electron chi connectivity index (χ4n) is 2.90. The van der Waals surface area contributed by atoms with Gasteiger partial charge in [0, 0.05) is 18.5 Å². The van der Waals surface area contributed by atoms with E-state index in [1.54, 1.807) is 22.5 Å². The Morgan fingerprint density at radius 1 is 1.30 bits per heavy atom. The van der Waals surface area contributed by atoms with Crippen molar-refractivity contribution in [1.29, 1.82) is 0 Å². The molecule has 1 aliphatic heterocycles. The monoisotopic (exact) mass is 315 g/mol. The smallest absolute Gasteiger partial charge is 0.207 e. The highest BCUT2D eigenvalue weighted by Crippen LogP contribution is 2.31. The van der Waals surface area contributed by atoms with Gasteiger partial charge in [0.05, 0.1) is 4.90 Å². The molecule has 3 atom stereocenters. The quantitative estimate of drug-likeness (QED) is 0.801. The molecule has 0 spiro atoms. The van der Waals surface area contributed by atoms with Crippen LogP contribution in [-0.2, 0) is 15.9 Å². The fraction of sp³-hybridized carbons (Fsp3) is 0.600. The van der Waals surface area contributed by atoms with E-state index in [0.717, 1.165) is 12.0 Å². The average Bonchev–Trinajstić information content (AvgIpc) is 2.42. The number of benzene rings is 1.